The molecule has 0 saturated carbocycles. The Kier molecular flexibility index (Phi) is 5.19. The van der Waals surface area contributed by atoms with Gasteiger partial charge in [0, 0.05) is 11.1 Å². The number of halogens is 3. The van der Waals surface area contributed by atoms with Crippen LogP contribution < -0.4 is 9.04 Å². The van der Waals surface area contributed by atoms with E-state index in [0.717, 1.165) is 0 Å². The Hall–Kier alpha value is -3.01. The van der Waals surface area contributed by atoms with Crippen LogP contribution in [0.5, 0.6) is 5.75 Å². The molecule has 1 N–H and O–H groups in total. The van der Waals surface area contributed by atoms with E-state index in [-0.39, 0.29) is 10.6 Å². The summed E-state index contributed by atoms with van der Waals surface area (Å²) in [6.07, 6.45) is 2.75. The second-order valence-electron chi connectivity index (χ2n) is 6.82. The predicted octanol–water partition coefficient (Wildman–Crippen LogP) is 4.87. The van der Waals surface area contributed by atoms with E-state index in [0.29, 0.717) is 35.3 Å². The molecule has 0 aliphatic carbocycles. The summed E-state index contributed by atoms with van der Waals surface area (Å²) in [6.45, 7) is -1.08. The lowest BCUT2D eigenvalue weighted by Gasteiger charge is -2.37. The largest absolute Gasteiger partial charge is 0.435 e. The standard InChI is InChI=1S/C20H18F3N3O3S/c1-2-3-17-16-11-24-25-19(16)15-10-12(21)4-9-18(15)26(17)30(27,28)14-7-5-13(6-8-14)29-20(22)23/h4-11,17,20H,2-3H2,1H3,(H,24,25). The molecule has 30 heavy (non-hydrogen) atoms. The van der Waals surface area contributed by atoms with Gasteiger partial charge in [-0.1, -0.05) is 13.3 Å². The highest BCUT2D eigenvalue weighted by Gasteiger charge is 2.39. The molecule has 1 aliphatic heterocycles. The summed E-state index contributed by atoms with van der Waals surface area (Å²) >= 11 is 0. The van der Waals surface area contributed by atoms with E-state index >= 15 is 0 Å². The zero-order valence-corrected chi connectivity index (χ0v) is 16.7. The Balaban J connectivity index is 1.85. The number of fused-ring (bicyclic) bond motifs is 3. The van der Waals surface area contributed by atoms with Gasteiger partial charge in [0.2, 0.25) is 0 Å². The molecule has 3 aromatic rings. The van der Waals surface area contributed by atoms with E-state index < -0.39 is 28.5 Å². The Morgan fingerprint density at radius 2 is 1.93 bits per heavy atom. The van der Waals surface area contributed by atoms with Crippen molar-refractivity contribution < 1.29 is 26.3 Å². The number of aromatic nitrogens is 2. The lowest BCUT2D eigenvalue weighted by molar-refractivity contribution is -0.0498. The molecular formula is C20H18F3N3O3S. The topological polar surface area (TPSA) is 75.3 Å². The van der Waals surface area contributed by atoms with Gasteiger partial charge in [0.25, 0.3) is 10.0 Å². The molecule has 2 aromatic carbocycles. The molecule has 1 aliphatic rings. The fraction of sp³-hybridized carbons (Fsp3) is 0.250. The third kappa shape index (κ3) is 3.41. The minimum absolute atomic E-state index is 0.0903. The third-order valence-electron chi connectivity index (χ3n) is 4.94. The summed E-state index contributed by atoms with van der Waals surface area (Å²) in [6, 6.07) is 8.10. The van der Waals surface area contributed by atoms with Crippen molar-refractivity contribution in [1.82, 2.24) is 10.2 Å². The number of benzene rings is 2. The van der Waals surface area contributed by atoms with Crippen molar-refractivity contribution in [2.24, 2.45) is 0 Å². The molecule has 6 nitrogen and oxygen atoms in total. The molecular weight excluding hydrogens is 419 g/mol. The maximum atomic E-state index is 14.0. The summed E-state index contributed by atoms with van der Waals surface area (Å²) in [7, 11) is -4.10. The fourth-order valence-corrected chi connectivity index (χ4v) is 5.39. The van der Waals surface area contributed by atoms with Crippen LogP contribution in [-0.2, 0) is 10.0 Å². The molecule has 0 fully saturated rings. The number of H-pyrrole nitrogens is 1. The van der Waals surface area contributed by atoms with Gasteiger partial charge in [-0.15, -0.1) is 0 Å². The number of ether oxygens (including phenoxy) is 1. The summed E-state index contributed by atoms with van der Waals surface area (Å²) < 4.78 is 71.5. The van der Waals surface area contributed by atoms with E-state index in [9.17, 15) is 21.6 Å². The quantitative estimate of drug-likeness (QED) is 0.597. The average molecular weight is 437 g/mol. The molecule has 4 rings (SSSR count). The van der Waals surface area contributed by atoms with Gasteiger partial charge in [-0.3, -0.25) is 9.40 Å². The first-order valence-electron chi connectivity index (χ1n) is 9.25. The van der Waals surface area contributed by atoms with Crippen molar-refractivity contribution in [3.8, 4) is 17.0 Å². The van der Waals surface area contributed by atoms with E-state index in [2.05, 4.69) is 14.9 Å². The van der Waals surface area contributed by atoms with E-state index in [4.69, 9.17) is 0 Å². The smallest absolute Gasteiger partial charge is 0.387 e. The third-order valence-corrected chi connectivity index (χ3v) is 6.78. The number of nitrogens with one attached hydrogen (secondary N) is 1. The number of anilines is 1. The SMILES string of the molecule is CCCC1c2cn[nH]c2-c2cc(F)ccc2N1S(=O)(=O)c1ccc(OC(F)F)cc1. The maximum absolute atomic E-state index is 14.0. The lowest BCUT2D eigenvalue weighted by atomic mass is 9.93. The number of hydrogen-bond acceptors (Lipinski definition) is 4. The molecule has 0 amide bonds. The van der Waals surface area contributed by atoms with Gasteiger partial charge in [0.05, 0.1) is 28.5 Å². The van der Waals surface area contributed by atoms with Crippen molar-refractivity contribution in [3.63, 3.8) is 0 Å². The van der Waals surface area contributed by atoms with Crippen molar-refractivity contribution in [1.29, 1.82) is 0 Å². The molecule has 1 unspecified atom stereocenters. The normalized spacial score (nSPS) is 15.8. The molecule has 0 radical (unpaired) electrons. The summed E-state index contributed by atoms with van der Waals surface area (Å²) in [4.78, 5) is -0.0903. The summed E-state index contributed by atoms with van der Waals surface area (Å²) in [5.41, 5.74) is 1.93. The minimum Gasteiger partial charge on any atom is -0.435 e. The second kappa shape index (κ2) is 7.67. The Morgan fingerprint density at radius 1 is 1.20 bits per heavy atom. The molecule has 2 heterocycles. The van der Waals surface area contributed by atoms with Crippen LogP contribution in [0.3, 0.4) is 0 Å². The zero-order chi connectivity index (χ0) is 21.5. The van der Waals surface area contributed by atoms with E-state index in [1.165, 1.54) is 46.8 Å². The number of aromatic amines is 1. The van der Waals surface area contributed by atoms with Gasteiger partial charge in [-0.25, -0.2) is 12.8 Å². The first-order valence-corrected chi connectivity index (χ1v) is 10.7. The van der Waals surface area contributed by atoms with E-state index in [1.807, 2.05) is 6.92 Å². The number of hydrogen-bond donors (Lipinski definition) is 1. The van der Waals surface area contributed by atoms with Crippen LogP contribution >= 0.6 is 0 Å². The Morgan fingerprint density at radius 3 is 2.60 bits per heavy atom. The Labute approximate surface area is 171 Å². The van der Waals surface area contributed by atoms with Crippen LogP contribution in [0.15, 0.2) is 53.6 Å². The van der Waals surface area contributed by atoms with Crippen LogP contribution in [0, 0.1) is 5.82 Å². The van der Waals surface area contributed by atoms with E-state index in [1.54, 1.807) is 6.20 Å². The van der Waals surface area contributed by atoms with Crippen molar-refractivity contribution in [2.45, 2.75) is 37.3 Å². The first-order chi connectivity index (χ1) is 14.3. The highest BCUT2D eigenvalue weighted by atomic mass is 32.2. The van der Waals surface area contributed by atoms with Gasteiger partial charge in [0.1, 0.15) is 11.6 Å². The van der Waals surface area contributed by atoms with Crippen molar-refractivity contribution in [2.75, 3.05) is 4.31 Å². The van der Waals surface area contributed by atoms with Crippen LogP contribution in [0.4, 0.5) is 18.9 Å². The number of rotatable bonds is 6. The number of alkyl halides is 2. The van der Waals surface area contributed by atoms with Crippen LogP contribution in [0.1, 0.15) is 31.4 Å². The summed E-state index contributed by atoms with van der Waals surface area (Å²) in [5.74, 6) is -0.651. The van der Waals surface area contributed by atoms with Crippen LogP contribution in [0.25, 0.3) is 11.3 Å². The molecule has 158 valence electrons. The lowest BCUT2D eigenvalue weighted by Crippen LogP contribution is -2.37. The molecule has 0 bridgehead atoms. The van der Waals surface area contributed by atoms with Crippen LogP contribution in [-0.4, -0.2) is 25.2 Å². The molecule has 10 heteroatoms. The van der Waals surface area contributed by atoms with Gasteiger partial charge in [-0.2, -0.15) is 13.9 Å². The number of nitrogens with zero attached hydrogens (tertiary/aromatic N) is 2. The highest BCUT2D eigenvalue weighted by molar-refractivity contribution is 7.92. The minimum atomic E-state index is -4.10. The first kappa shape index (κ1) is 20.3. The van der Waals surface area contributed by atoms with Crippen molar-refractivity contribution in [3.05, 3.63) is 60.0 Å². The molecule has 1 aromatic heterocycles. The predicted molar refractivity (Wildman–Crippen MR) is 104 cm³/mol. The second-order valence-corrected chi connectivity index (χ2v) is 8.63. The summed E-state index contributed by atoms with van der Waals surface area (Å²) in [5, 5.41) is 6.88. The fourth-order valence-electron chi connectivity index (χ4n) is 3.71. The van der Waals surface area contributed by atoms with Gasteiger partial charge in [0.15, 0.2) is 0 Å². The highest BCUT2D eigenvalue weighted by Crippen LogP contribution is 2.48. The molecule has 0 spiro atoms. The Bertz CT molecular complexity index is 1160. The van der Waals surface area contributed by atoms with Gasteiger partial charge in [-0.05, 0) is 48.9 Å². The van der Waals surface area contributed by atoms with Gasteiger partial charge >= 0.3 is 6.61 Å². The monoisotopic (exact) mass is 437 g/mol. The molecule has 1 atom stereocenters. The van der Waals surface area contributed by atoms with Gasteiger partial charge < -0.3 is 4.74 Å². The molecule has 0 saturated heterocycles. The van der Waals surface area contributed by atoms with Crippen LogP contribution in [0.2, 0.25) is 0 Å². The number of sulfonamides is 1. The zero-order valence-electron chi connectivity index (χ0n) is 15.8. The average Bonchev–Trinajstić information content (AvgIpc) is 3.18. The maximum Gasteiger partial charge on any atom is 0.387 e. The van der Waals surface area contributed by atoms with Crippen molar-refractivity contribution >= 4 is 15.7 Å².